The molecule has 0 bridgehead atoms. The molecule has 0 unspecified atom stereocenters. The highest BCUT2D eigenvalue weighted by molar-refractivity contribution is 5.27. The van der Waals surface area contributed by atoms with Gasteiger partial charge in [0.25, 0.3) is 36.2 Å². The Labute approximate surface area is 211 Å². The van der Waals surface area contributed by atoms with Gasteiger partial charge in [-0.3, -0.25) is 10.1 Å². The van der Waals surface area contributed by atoms with E-state index in [1.54, 1.807) is 18.2 Å². The second-order valence-electron chi connectivity index (χ2n) is 5.57. The summed E-state index contributed by atoms with van der Waals surface area (Å²) in [6.45, 7) is -3.38. The first-order valence-corrected chi connectivity index (χ1v) is 9.04. The standard InChI is InChI=1S/C6H5NO2.2C3H5N3O9/c8-7(9)6-4-2-1-3-5-6;2*7-4(8)13-1-3(15-6(11)12)2-14-5(9)10/h1-5H;2*3H,1-2H2. The second kappa shape index (κ2) is 20.1. The van der Waals surface area contributed by atoms with Gasteiger partial charge in [0.2, 0.25) is 0 Å². The number of rotatable bonds is 17. The number of nitro groups is 1. The quantitative estimate of drug-likeness (QED) is 0.167. The van der Waals surface area contributed by atoms with Gasteiger partial charge in [0, 0.05) is 12.1 Å². The van der Waals surface area contributed by atoms with Gasteiger partial charge < -0.3 is 29.0 Å². The molecule has 0 spiro atoms. The van der Waals surface area contributed by atoms with Gasteiger partial charge >= 0.3 is 0 Å². The maximum Gasteiger partial charge on any atom is 0.294 e. The number of hydrogen-bond acceptors (Lipinski definition) is 20. The van der Waals surface area contributed by atoms with Gasteiger partial charge in [0.05, 0.1) is 4.92 Å². The van der Waals surface area contributed by atoms with Crippen LogP contribution in [0.15, 0.2) is 30.3 Å². The minimum Gasteiger partial charge on any atom is -0.311 e. The molecule has 0 aliphatic heterocycles. The van der Waals surface area contributed by atoms with Crippen molar-refractivity contribution in [1.82, 2.24) is 0 Å². The van der Waals surface area contributed by atoms with Gasteiger partial charge in [-0.05, 0) is 0 Å². The van der Waals surface area contributed by atoms with E-state index in [2.05, 4.69) is 29.0 Å². The zero-order valence-electron chi connectivity index (χ0n) is 18.7. The summed E-state index contributed by atoms with van der Waals surface area (Å²) in [4.78, 5) is 90.6. The van der Waals surface area contributed by atoms with Crippen LogP contribution in [0.25, 0.3) is 0 Å². The van der Waals surface area contributed by atoms with Crippen LogP contribution >= 0.6 is 0 Å². The summed E-state index contributed by atoms with van der Waals surface area (Å²) in [6.07, 6.45) is -3.09. The summed E-state index contributed by atoms with van der Waals surface area (Å²) in [7, 11) is 0. The molecule has 0 N–H and O–H groups in total. The van der Waals surface area contributed by atoms with E-state index < -0.39 is 74.1 Å². The molecule has 39 heavy (non-hydrogen) atoms. The molecule has 0 saturated heterocycles. The van der Waals surface area contributed by atoms with Gasteiger partial charge in [-0.1, -0.05) is 18.2 Å². The van der Waals surface area contributed by atoms with Crippen LogP contribution in [0.4, 0.5) is 5.69 Å². The highest BCUT2D eigenvalue weighted by Crippen LogP contribution is 2.06. The van der Waals surface area contributed by atoms with Crippen LogP contribution in [0.1, 0.15) is 0 Å². The van der Waals surface area contributed by atoms with E-state index in [0.29, 0.717) is 0 Å². The van der Waals surface area contributed by atoms with E-state index in [0.717, 1.165) is 0 Å². The molecule has 218 valence electrons. The maximum absolute atomic E-state index is 10.0. The Bertz CT molecular complexity index is 874. The molecular weight excluding hydrogens is 562 g/mol. The Kier molecular flexibility index (Phi) is 18.0. The van der Waals surface area contributed by atoms with Crippen molar-refractivity contribution in [2.24, 2.45) is 0 Å². The van der Waals surface area contributed by atoms with Crippen LogP contribution in [0.5, 0.6) is 0 Å². The summed E-state index contributed by atoms with van der Waals surface area (Å²) in [5, 5.41) is 61.1. The fraction of sp³-hybridized carbons (Fsp3) is 0.500. The van der Waals surface area contributed by atoms with Crippen molar-refractivity contribution in [1.29, 1.82) is 0 Å². The summed E-state index contributed by atoms with van der Waals surface area (Å²) in [6, 6.07) is 7.93. The third-order valence-corrected chi connectivity index (χ3v) is 2.90. The van der Waals surface area contributed by atoms with Crippen LogP contribution < -0.4 is 0 Å². The Morgan fingerprint density at radius 1 is 0.487 bits per heavy atom. The fourth-order valence-electron chi connectivity index (χ4n) is 1.59. The number of para-hydroxylation sites is 1. The van der Waals surface area contributed by atoms with Crippen molar-refractivity contribution in [2.45, 2.75) is 12.2 Å². The van der Waals surface area contributed by atoms with E-state index in [1.165, 1.54) is 12.1 Å². The molecule has 27 heteroatoms. The molecule has 0 radical (unpaired) electrons. The van der Waals surface area contributed by atoms with E-state index in [1.807, 2.05) is 0 Å². The topological polar surface area (TPSA) is 357 Å². The Hall–Kier alpha value is -6.18. The number of non-ortho nitro benzene ring substituents is 1. The Balaban J connectivity index is 0. The lowest BCUT2D eigenvalue weighted by molar-refractivity contribution is -0.803. The highest BCUT2D eigenvalue weighted by atomic mass is 17.0. The number of hydrogen-bond donors (Lipinski definition) is 0. The molecule has 0 saturated carbocycles. The summed E-state index contributed by atoms with van der Waals surface area (Å²) in [5.74, 6) is 0. The minimum atomic E-state index is -1.55. The van der Waals surface area contributed by atoms with Crippen LogP contribution in [0, 0.1) is 70.8 Å². The Morgan fingerprint density at radius 3 is 0.949 bits per heavy atom. The molecular formula is C12H15N7O20. The third kappa shape index (κ3) is 24.7. The first-order chi connectivity index (χ1) is 18.1. The van der Waals surface area contributed by atoms with Gasteiger partial charge in [0.1, 0.15) is 26.4 Å². The molecule has 0 aromatic heterocycles. The Morgan fingerprint density at radius 2 is 0.769 bits per heavy atom. The lowest BCUT2D eigenvalue weighted by atomic mass is 10.3. The molecule has 0 amide bonds. The van der Waals surface area contributed by atoms with Gasteiger partial charge in [-0.15, -0.1) is 60.7 Å². The largest absolute Gasteiger partial charge is 0.311 e. The van der Waals surface area contributed by atoms with Crippen LogP contribution in [-0.2, 0) is 29.0 Å². The van der Waals surface area contributed by atoms with Crippen LogP contribution in [0.3, 0.4) is 0 Å². The van der Waals surface area contributed by atoms with Crippen molar-refractivity contribution < 1.29 is 64.5 Å². The summed E-state index contributed by atoms with van der Waals surface area (Å²) in [5.41, 5.74) is 0.137. The van der Waals surface area contributed by atoms with Crippen molar-refractivity contribution in [2.75, 3.05) is 26.4 Å². The first kappa shape index (κ1) is 35.0. The van der Waals surface area contributed by atoms with Gasteiger partial charge in [-0.2, -0.15) is 0 Å². The van der Waals surface area contributed by atoms with Gasteiger partial charge in [-0.25, -0.2) is 0 Å². The lowest BCUT2D eigenvalue weighted by Gasteiger charge is -2.11. The average Bonchev–Trinajstić information content (AvgIpc) is 2.83. The SMILES string of the molecule is O=[N+]([O-])OCC(CO[N+](=O)[O-])O[N+](=O)[O-].O=[N+]([O-])OCC(CO[N+](=O)[O-])O[N+](=O)[O-].O=[N+]([O-])c1ccccc1. The predicted octanol–water partition coefficient (Wildman–Crippen LogP) is -0.445. The summed E-state index contributed by atoms with van der Waals surface area (Å²) < 4.78 is 0. The monoisotopic (exact) mass is 577 g/mol. The van der Waals surface area contributed by atoms with Crippen molar-refractivity contribution in [3.63, 3.8) is 0 Å². The van der Waals surface area contributed by atoms with E-state index >= 15 is 0 Å². The predicted molar refractivity (Wildman–Crippen MR) is 109 cm³/mol. The molecule has 1 aromatic carbocycles. The second-order valence-corrected chi connectivity index (χ2v) is 5.57. The van der Waals surface area contributed by atoms with E-state index in [-0.39, 0.29) is 5.69 Å². The fourth-order valence-corrected chi connectivity index (χ4v) is 1.59. The smallest absolute Gasteiger partial charge is 0.294 e. The minimum absolute atomic E-state index is 0.137. The third-order valence-electron chi connectivity index (χ3n) is 2.90. The number of nitro benzene ring substituents is 1. The average molecular weight is 577 g/mol. The maximum atomic E-state index is 10.0. The molecule has 0 heterocycles. The molecule has 0 aliphatic carbocycles. The van der Waals surface area contributed by atoms with E-state index in [4.69, 9.17) is 0 Å². The highest BCUT2D eigenvalue weighted by Gasteiger charge is 2.18. The zero-order chi connectivity index (χ0) is 30.4. The van der Waals surface area contributed by atoms with Gasteiger partial charge in [0.15, 0.2) is 12.2 Å². The van der Waals surface area contributed by atoms with Crippen LogP contribution in [-0.4, -0.2) is 74.1 Å². The normalized spacial score (nSPS) is 9.28. The molecule has 0 fully saturated rings. The van der Waals surface area contributed by atoms with Crippen molar-refractivity contribution in [3.05, 3.63) is 101 Å². The molecule has 1 rings (SSSR count). The van der Waals surface area contributed by atoms with Crippen LogP contribution in [0.2, 0.25) is 0 Å². The van der Waals surface area contributed by atoms with Crippen molar-refractivity contribution in [3.8, 4) is 0 Å². The molecule has 0 atom stereocenters. The number of benzene rings is 1. The summed E-state index contributed by atoms with van der Waals surface area (Å²) >= 11 is 0. The lowest BCUT2D eigenvalue weighted by Crippen LogP contribution is -2.30. The molecule has 27 nitrogen and oxygen atoms in total. The molecule has 1 aromatic rings. The number of nitrogens with zero attached hydrogens (tertiary/aromatic N) is 7. The van der Waals surface area contributed by atoms with E-state index in [9.17, 15) is 70.8 Å². The zero-order valence-corrected chi connectivity index (χ0v) is 18.7. The molecule has 0 aliphatic rings. The van der Waals surface area contributed by atoms with Crippen molar-refractivity contribution >= 4 is 5.69 Å². The first-order valence-electron chi connectivity index (χ1n) is 9.04.